The maximum absolute atomic E-state index is 6.32. The molecule has 10 rings (SSSR count). The molecule has 0 amide bonds. The summed E-state index contributed by atoms with van der Waals surface area (Å²) >= 11 is 0. The van der Waals surface area contributed by atoms with Gasteiger partial charge in [0, 0.05) is 28.5 Å². The Morgan fingerprint density at radius 2 is 0.742 bits per heavy atom. The summed E-state index contributed by atoms with van der Waals surface area (Å²) in [5, 5.41) is 0. The predicted molar refractivity (Wildman–Crippen MR) is 272 cm³/mol. The first kappa shape index (κ1) is 42.5. The van der Waals surface area contributed by atoms with Gasteiger partial charge in [-0.1, -0.05) is 134 Å². The molecule has 66 heavy (non-hydrogen) atoms. The molecule has 0 atom stereocenters. The van der Waals surface area contributed by atoms with Gasteiger partial charge in [0.2, 0.25) is 11.8 Å². The van der Waals surface area contributed by atoms with E-state index in [1.807, 2.05) is 24.4 Å². The summed E-state index contributed by atoms with van der Waals surface area (Å²) in [4.78, 5) is 19.7. The highest BCUT2D eigenvalue weighted by Crippen LogP contribution is 2.38. The Labute approximate surface area is 387 Å². The molecule has 0 aliphatic heterocycles. The molecule has 0 saturated heterocycles. The molecular weight excluding hydrogens is 809 g/mol. The molecule has 0 bridgehead atoms. The highest BCUT2D eigenvalue weighted by molar-refractivity contribution is 5.85. The van der Waals surface area contributed by atoms with Gasteiger partial charge < -0.3 is 8.83 Å². The molecule has 4 aromatic heterocycles. The number of fused-ring (bicyclic) bond motifs is 2. The Hall–Kier alpha value is -7.44. The number of rotatable bonds is 11. The van der Waals surface area contributed by atoms with Gasteiger partial charge >= 0.3 is 0 Å². The second-order valence-electron chi connectivity index (χ2n) is 18.7. The molecule has 0 fully saturated rings. The molecule has 0 aliphatic rings. The van der Waals surface area contributed by atoms with Crippen molar-refractivity contribution in [2.24, 2.45) is 0 Å². The van der Waals surface area contributed by atoms with Crippen LogP contribution in [0.5, 0.6) is 0 Å². The minimum atomic E-state index is 0.409. The van der Waals surface area contributed by atoms with Gasteiger partial charge in [0.05, 0.1) is 17.1 Å². The van der Waals surface area contributed by atoms with E-state index in [0.29, 0.717) is 35.5 Å². The Kier molecular flexibility index (Phi) is 11.3. The molecule has 6 heteroatoms. The quantitative estimate of drug-likeness (QED) is 0.129. The van der Waals surface area contributed by atoms with Crippen molar-refractivity contribution in [3.05, 3.63) is 180 Å². The molecule has 6 aromatic carbocycles. The fourth-order valence-corrected chi connectivity index (χ4v) is 9.10. The summed E-state index contributed by atoms with van der Waals surface area (Å²) in [5.41, 5.74) is 20.8. The summed E-state index contributed by atoms with van der Waals surface area (Å²) < 4.78 is 12.6. The van der Waals surface area contributed by atoms with Crippen molar-refractivity contribution >= 4 is 22.2 Å². The van der Waals surface area contributed by atoms with E-state index < -0.39 is 0 Å². The average Bonchev–Trinajstić information content (AvgIpc) is 3.98. The Balaban J connectivity index is 0.913. The Morgan fingerprint density at radius 1 is 0.348 bits per heavy atom. The molecule has 6 nitrogen and oxygen atoms in total. The first-order valence-corrected chi connectivity index (χ1v) is 23.2. The van der Waals surface area contributed by atoms with Crippen LogP contribution in [0, 0.1) is 0 Å². The van der Waals surface area contributed by atoms with Crippen molar-refractivity contribution in [2.45, 2.75) is 79.1 Å². The molecule has 0 N–H and O–H groups in total. The van der Waals surface area contributed by atoms with E-state index in [2.05, 4.69) is 194 Å². The molecule has 0 unspecified atom stereocenters. The summed E-state index contributed by atoms with van der Waals surface area (Å²) in [6.45, 7) is 17.9. The summed E-state index contributed by atoms with van der Waals surface area (Å²) in [7, 11) is 0. The second kappa shape index (κ2) is 17.5. The van der Waals surface area contributed by atoms with Crippen LogP contribution in [0.2, 0.25) is 0 Å². The molecule has 326 valence electrons. The minimum absolute atomic E-state index is 0.409. The molecular formula is C60H54N4O2. The molecule has 0 radical (unpaired) electrons. The number of nitrogens with zero attached hydrogens (tertiary/aromatic N) is 4. The Bertz CT molecular complexity index is 3230. The van der Waals surface area contributed by atoms with Crippen LogP contribution in [0.3, 0.4) is 0 Å². The summed E-state index contributed by atoms with van der Waals surface area (Å²) in [5.74, 6) is 2.93. The Morgan fingerprint density at radius 3 is 1.15 bits per heavy atom. The number of benzene rings is 6. The van der Waals surface area contributed by atoms with Gasteiger partial charge in [0.15, 0.2) is 11.2 Å². The second-order valence-corrected chi connectivity index (χ2v) is 18.7. The van der Waals surface area contributed by atoms with Gasteiger partial charge in [-0.15, -0.1) is 0 Å². The number of hydrogen-bond acceptors (Lipinski definition) is 6. The number of pyridine rings is 2. The molecule has 10 aromatic rings. The maximum Gasteiger partial charge on any atom is 0.227 e. The van der Waals surface area contributed by atoms with Crippen LogP contribution in [0.25, 0.3) is 101 Å². The van der Waals surface area contributed by atoms with Crippen molar-refractivity contribution in [3.8, 4) is 78.9 Å². The molecule has 0 spiro atoms. The lowest BCUT2D eigenvalue weighted by molar-refractivity contribution is 0.618. The lowest BCUT2D eigenvalue weighted by Crippen LogP contribution is -1.98. The van der Waals surface area contributed by atoms with Crippen molar-refractivity contribution in [2.75, 3.05) is 0 Å². The normalized spacial score (nSPS) is 11.9. The van der Waals surface area contributed by atoms with Gasteiger partial charge in [0.25, 0.3) is 0 Å². The fourth-order valence-electron chi connectivity index (χ4n) is 9.10. The molecule has 4 heterocycles. The van der Waals surface area contributed by atoms with Crippen LogP contribution in [-0.2, 0) is 0 Å². The fraction of sp³-hybridized carbons (Fsp3) is 0.200. The maximum atomic E-state index is 6.32. The topological polar surface area (TPSA) is 77.8 Å². The highest BCUT2D eigenvalue weighted by atomic mass is 16.4. The highest BCUT2D eigenvalue weighted by Gasteiger charge is 2.19. The van der Waals surface area contributed by atoms with E-state index >= 15 is 0 Å². The van der Waals surface area contributed by atoms with Crippen LogP contribution >= 0.6 is 0 Å². The number of oxazole rings is 2. The molecule has 0 saturated carbocycles. The monoisotopic (exact) mass is 862 g/mol. The van der Waals surface area contributed by atoms with Crippen LogP contribution < -0.4 is 0 Å². The predicted octanol–water partition coefficient (Wildman–Crippen LogP) is 16.9. The molecule has 0 aliphatic carbocycles. The van der Waals surface area contributed by atoms with E-state index in [0.717, 1.165) is 89.4 Å². The van der Waals surface area contributed by atoms with E-state index in [-0.39, 0.29) is 0 Å². The lowest BCUT2D eigenvalue weighted by Gasteiger charge is -2.15. The largest absolute Gasteiger partial charge is 0.436 e. The van der Waals surface area contributed by atoms with Crippen molar-refractivity contribution in [3.63, 3.8) is 0 Å². The third kappa shape index (κ3) is 8.24. The van der Waals surface area contributed by atoms with Crippen LogP contribution in [-0.4, -0.2) is 19.9 Å². The smallest absolute Gasteiger partial charge is 0.227 e. The number of aromatic nitrogens is 4. The van der Waals surface area contributed by atoms with Crippen LogP contribution in [0.4, 0.5) is 0 Å². The van der Waals surface area contributed by atoms with Gasteiger partial charge in [-0.3, -0.25) is 4.98 Å². The third-order valence-corrected chi connectivity index (χ3v) is 12.8. The number of hydrogen-bond donors (Lipinski definition) is 0. The van der Waals surface area contributed by atoms with Gasteiger partial charge in [0.1, 0.15) is 11.0 Å². The summed E-state index contributed by atoms with van der Waals surface area (Å²) in [6, 6.07) is 53.2. The first-order valence-electron chi connectivity index (χ1n) is 23.2. The SMILES string of the molecule is CC(C)c1cc2nc(-c3ccc(-c4ccc(-c5ccc(-c6ccccn6)nc5-c5ccc(-c6ccc(-c7nc8cc(C(C)C)c(C(C)C)cc8o7)cc6)cc5)cc4)cc3)oc2cc1C(C)C. The van der Waals surface area contributed by atoms with E-state index in [1.165, 1.54) is 22.3 Å². The van der Waals surface area contributed by atoms with E-state index in [4.69, 9.17) is 23.8 Å². The lowest BCUT2D eigenvalue weighted by atomic mass is 9.90. The van der Waals surface area contributed by atoms with Crippen LogP contribution in [0.1, 0.15) is 101 Å². The van der Waals surface area contributed by atoms with Gasteiger partial charge in [-0.25, -0.2) is 15.0 Å². The first-order chi connectivity index (χ1) is 32.0. The van der Waals surface area contributed by atoms with Crippen molar-refractivity contribution in [1.29, 1.82) is 0 Å². The minimum Gasteiger partial charge on any atom is -0.436 e. The van der Waals surface area contributed by atoms with Crippen molar-refractivity contribution in [1.82, 2.24) is 19.9 Å². The zero-order valence-electron chi connectivity index (χ0n) is 38.9. The van der Waals surface area contributed by atoms with Gasteiger partial charge in [-0.2, -0.15) is 0 Å². The third-order valence-electron chi connectivity index (χ3n) is 12.8. The van der Waals surface area contributed by atoms with E-state index in [1.54, 1.807) is 0 Å². The zero-order valence-corrected chi connectivity index (χ0v) is 38.9. The van der Waals surface area contributed by atoms with Crippen molar-refractivity contribution < 1.29 is 8.83 Å². The van der Waals surface area contributed by atoms with Crippen LogP contribution in [0.15, 0.2) is 167 Å². The average molecular weight is 863 g/mol. The summed E-state index contributed by atoms with van der Waals surface area (Å²) in [6.07, 6.45) is 1.81. The van der Waals surface area contributed by atoms with E-state index in [9.17, 15) is 0 Å². The zero-order chi connectivity index (χ0) is 45.6. The van der Waals surface area contributed by atoms with Gasteiger partial charge in [-0.05, 0) is 147 Å². The standard InChI is InChI=1S/C60H54N4O2/c1-35(2)48-31-54-56(33-50(48)37(5)6)65-59(63-54)45-24-16-41(17-25-45)39-12-20-43(21-13-39)47-28-29-53(52-11-9-10-30-61-52)62-58(47)44-22-14-40(15-23-44)42-18-26-46(27-19-42)60-64-55-32-49(36(3)4)51(38(7)8)34-57(55)66-60/h9-38H,1-8H3.